The van der Waals surface area contributed by atoms with Crippen LogP contribution in [-0.2, 0) is 25.3 Å². The number of nitrogens with two attached hydrogens (primary N) is 1. The van der Waals surface area contributed by atoms with Crippen molar-refractivity contribution >= 4 is 30.3 Å². The first kappa shape index (κ1) is 30.0. The Morgan fingerprint density at radius 2 is 2.00 bits per heavy atom. The molecule has 4 aliphatic rings. The number of para-hydroxylation sites is 1. The Bertz CT molecular complexity index is 1330. The van der Waals surface area contributed by atoms with Crippen LogP contribution in [0.15, 0.2) is 23.6 Å². The fourth-order valence-corrected chi connectivity index (χ4v) is 7.58. The molecule has 0 radical (unpaired) electrons. The Kier molecular flexibility index (Phi) is 7.81. The SMILES string of the molecule is COc1c(C[C@H](NC(=O)C(N)c2csc(C)n2)B2OC3CC4CC(C4(C)C)[C@]3(C)O2)cccc1C(=O)OC(C)(C)C. The molecule has 4 unspecified atom stereocenters. The molecule has 3 aliphatic carbocycles. The number of aryl methyl sites for hydroxylation is 1. The number of thiazole rings is 1. The molecule has 9 nitrogen and oxygen atoms in total. The molecule has 1 aromatic carbocycles. The number of aromatic nitrogens is 1. The van der Waals surface area contributed by atoms with E-state index in [2.05, 4.69) is 31.1 Å². The number of carbonyl (C=O) groups is 2. The molecule has 6 atom stereocenters. The van der Waals surface area contributed by atoms with Crippen molar-refractivity contribution in [3.8, 4) is 5.75 Å². The summed E-state index contributed by atoms with van der Waals surface area (Å²) in [5, 5.41) is 5.75. The topological polar surface area (TPSA) is 122 Å². The van der Waals surface area contributed by atoms with E-state index < -0.39 is 36.3 Å². The fraction of sp³-hybridized carbons (Fsp3) is 0.633. The van der Waals surface area contributed by atoms with Crippen molar-refractivity contribution in [2.45, 2.75) is 97.0 Å². The number of nitrogens with one attached hydrogen (secondary N) is 1. The number of hydrogen-bond donors (Lipinski definition) is 2. The van der Waals surface area contributed by atoms with Crippen molar-refractivity contribution in [3.63, 3.8) is 0 Å². The first-order valence-corrected chi connectivity index (χ1v) is 15.2. The Morgan fingerprint density at radius 1 is 1.27 bits per heavy atom. The van der Waals surface area contributed by atoms with Gasteiger partial charge in [-0.3, -0.25) is 4.79 Å². The molecule has 1 saturated heterocycles. The fourth-order valence-electron chi connectivity index (χ4n) is 6.93. The van der Waals surface area contributed by atoms with Gasteiger partial charge in [-0.2, -0.15) is 0 Å². The molecule has 11 heteroatoms. The Labute approximate surface area is 247 Å². The number of rotatable bonds is 8. The van der Waals surface area contributed by atoms with Crippen LogP contribution in [0.2, 0.25) is 0 Å². The second-order valence-corrected chi connectivity index (χ2v) is 14.5. The average molecular weight is 584 g/mol. The zero-order valence-corrected chi connectivity index (χ0v) is 26.1. The van der Waals surface area contributed by atoms with Gasteiger partial charge >= 0.3 is 13.1 Å². The van der Waals surface area contributed by atoms with E-state index in [-0.39, 0.29) is 17.4 Å². The molecule has 6 rings (SSSR count). The molecular weight excluding hydrogens is 541 g/mol. The van der Waals surface area contributed by atoms with Crippen LogP contribution in [0.3, 0.4) is 0 Å². The maximum absolute atomic E-state index is 13.5. The van der Waals surface area contributed by atoms with Gasteiger partial charge in [0.15, 0.2) is 0 Å². The van der Waals surface area contributed by atoms with E-state index in [0.717, 1.165) is 23.4 Å². The monoisotopic (exact) mass is 583 g/mol. The molecule has 3 saturated carbocycles. The highest BCUT2D eigenvalue weighted by molar-refractivity contribution is 7.09. The van der Waals surface area contributed by atoms with Crippen molar-refractivity contribution in [2.75, 3.05) is 7.11 Å². The largest absolute Gasteiger partial charge is 0.496 e. The molecule has 3 N–H and O–H groups in total. The molecule has 1 aliphatic heterocycles. The van der Waals surface area contributed by atoms with Crippen molar-refractivity contribution in [3.05, 3.63) is 45.4 Å². The standard InChI is InChI=1S/C30H42BN3O6S/c1-16-33-20(15-41-16)24(32)26(35)34-23(31-39-22-14-18-13-21(29(18,5)6)30(22,7)40-31)12-17-10-9-11-19(25(17)37-8)27(36)38-28(2,3)4/h9-11,15,18,21-24H,12-14,32H2,1-8H3,(H,34,35)/t18?,21?,22?,23-,24?,30-/m0/s1. The molecular formula is C30H42BN3O6S. The molecule has 2 heterocycles. The zero-order valence-electron chi connectivity index (χ0n) is 25.3. The van der Waals surface area contributed by atoms with Gasteiger partial charge in [0.25, 0.3) is 0 Å². The van der Waals surface area contributed by atoms with Crippen LogP contribution in [0.1, 0.15) is 87.0 Å². The highest BCUT2D eigenvalue weighted by atomic mass is 32.1. The van der Waals surface area contributed by atoms with Gasteiger partial charge in [0, 0.05) is 5.38 Å². The summed E-state index contributed by atoms with van der Waals surface area (Å²) in [5.41, 5.74) is 6.96. The van der Waals surface area contributed by atoms with Gasteiger partial charge in [-0.25, -0.2) is 9.78 Å². The summed E-state index contributed by atoms with van der Waals surface area (Å²) >= 11 is 1.45. The first-order chi connectivity index (χ1) is 19.1. The summed E-state index contributed by atoms with van der Waals surface area (Å²) in [6, 6.07) is 4.40. The number of esters is 1. The maximum Gasteiger partial charge on any atom is 0.482 e. The first-order valence-electron chi connectivity index (χ1n) is 14.3. The number of nitrogens with zero attached hydrogens (tertiary/aromatic N) is 1. The Hall–Kier alpha value is -2.47. The summed E-state index contributed by atoms with van der Waals surface area (Å²) in [6.07, 6.45) is 2.27. The van der Waals surface area contributed by atoms with Gasteiger partial charge in [0.2, 0.25) is 5.91 Å². The summed E-state index contributed by atoms with van der Waals surface area (Å²) in [7, 11) is 0.817. The van der Waals surface area contributed by atoms with Crippen LogP contribution in [0.4, 0.5) is 0 Å². The smallest absolute Gasteiger partial charge is 0.482 e. The molecule has 1 amide bonds. The van der Waals surface area contributed by atoms with Gasteiger partial charge in [0.1, 0.15) is 23.0 Å². The number of amides is 1. The lowest BCUT2D eigenvalue weighted by Crippen LogP contribution is -2.65. The second kappa shape index (κ2) is 10.7. The third-order valence-corrected chi connectivity index (χ3v) is 10.0. The molecule has 4 fully saturated rings. The van der Waals surface area contributed by atoms with E-state index in [4.69, 9.17) is 24.5 Å². The van der Waals surface area contributed by atoms with Gasteiger partial charge < -0.3 is 29.8 Å². The van der Waals surface area contributed by atoms with Crippen LogP contribution >= 0.6 is 11.3 Å². The number of methoxy groups -OCH3 is 1. The van der Waals surface area contributed by atoms with Gasteiger partial charge in [-0.1, -0.05) is 26.0 Å². The summed E-state index contributed by atoms with van der Waals surface area (Å²) in [4.78, 5) is 30.9. The lowest BCUT2D eigenvalue weighted by Gasteiger charge is -2.64. The van der Waals surface area contributed by atoms with E-state index in [1.165, 1.54) is 18.4 Å². The lowest BCUT2D eigenvalue weighted by molar-refractivity contribution is -0.199. The number of benzene rings is 1. The molecule has 1 aromatic heterocycles. The zero-order chi connectivity index (χ0) is 29.9. The minimum absolute atomic E-state index is 0.0615. The van der Waals surface area contributed by atoms with E-state index in [0.29, 0.717) is 35.3 Å². The van der Waals surface area contributed by atoms with Crippen molar-refractivity contribution < 1.29 is 28.4 Å². The molecule has 2 bridgehead atoms. The highest BCUT2D eigenvalue weighted by Crippen LogP contribution is 2.65. The Balaban J connectivity index is 1.44. The van der Waals surface area contributed by atoms with Crippen molar-refractivity contribution in [1.29, 1.82) is 0 Å². The van der Waals surface area contributed by atoms with Crippen LogP contribution in [0, 0.1) is 24.2 Å². The van der Waals surface area contributed by atoms with Crippen molar-refractivity contribution in [2.24, 2.45) is 23.0 Å². The summed E-state index contributed by atoms with van der Waals surface area (Å²) in [6.45, 7) is 14.1. The number of carbonyl (C=O) groups excluding carboxylic acids is 2. The number of ether oxygens (including phenoxy) is 2. The van der Waals surface area contributed by atoms with Crippen LogP contribution < -0.4 is 15.8 Å². The van der Waals surface area contributed by atoms with Gasteiger partial charge in [0.05, 0.1) is 35.5 Å². The highest BCUT2D eigenvalue weighted by Gasteiger charge is 2.68. The molecule has 0 spiro atoms. The normalized spacial score (nSPS) is 27.8. The Morgan fingerprint density at radius 3 is 2.61 bits per heavy atom. The van der Waals surface area contributed by atoms with E-state index in [9.17, 15) is 9.59 Å². The van der Waals surface area contributed by atoms with E-state index >= 15 is 0 Å². The van der Waals surface area contributed by atoms with E-state index in [1.807, 2.05) is 33.8 Å². The molecule has 222 valence electrons. The molecule has 2 aromatic rings. The number of hydrogen-bond acceptors (Lipinski definition) is 9. The average Bonchev–Trinajstić information content (AvgIpc) is 3.48. The lowest BCUT2D eigenvalue weighted by atomic mass is 9.43. The quantitative estimate of drug-likeness (QED) is 0.346. The second-order valence-electron chi connectivity index (χ2n) is 13.4. The minimum atomic E-state index is -0.941. The third kappa shape index (κ3) is 5.54. The summed E-state index contributed by atoms with van der Waals surface area (Å²) in [5.74, 6) is -0.103. The van der Waals surface area contributed by atoms with Gasteiger partial charge in [-0.15, -0.1) is 11.3 Å². The van der Waals surface area contributed by atoms with Crippen molar-refractivity contribution in [1.82, 2.24) is 10.3 Å². The van der Waals surface area contributed by atoms with E-state index in [1.54, 1.807) is 17.5 Å². The minimum Gasteiger partial charge on any atom is -0.496 e. The van der Waals surface area contributed by atoms with Gasteiger partial charge in [-0.05, 0) is 82.8 Å². The van der Waals surface area contributed by atoms with Crippen LogP contribution in [0.25, 0.3) is 0 Å². The maximum atomic E-state index is 13.5. The molecule has 41 heavy (non-hydrogen) atoms. The third-order valence-electron chi connectivity index (χ3n) is 9.22. The van der Waals surface area contributed by atoms with Crippen LogP contribution in [0.5, 0.6) is 5.75 Å². The summed E-state index contributed by atoms with van der Waals surface area (Å²) < 4.78 is 24.7. The van der Waals surface area contributed by atoms with Crippen LogP contribution in [-0.4, -0.2) is 54.3 Å². The predicted molar refractivity (Wildman–Crippen MR) is 158 cm³/mol. The predicted octanol–water partition coefficient (Wildman–Crippen LogP) is 4.41.